The van der Waals surface area contributed by atoms with Crippen molar-refractivity contribution >= 4 is 5.69 Å². The fourth-order valence-electron chi connectivity index (χ4n) is 3.51. The van der Waals surface area contributed by atoms with Crippen molar-refractivity contribution in [3.05, 3.63) is 83.9 Å². The van der Waals surface area contributed by atoms with E-state index in [1.807, 2.05) is 0 Å². The van der Waals surface area contributed by atoms with Crippen LogP contribution in [0.4, 0.5) is 58.4 Å². The average molecular weight is 621 g/mol. The molecule has 3 aromatic rings. The standard InChI is InChI=1S/C26H19F12NO3/c1-22(40,25(33,34)35)39(14-15-5-2-6-16(11-15)23(29,30)26(36,37)38)17-7-3-8-18(12-17)41-19-9-4-10-20(13-19)42-24(31,32)21(27)28/h2-13,21,40H,14H2,1H3. The fourth-order valence-corrected chi connectivity index (χ4v) is 3.51. The minimum absolute atomic E-state index is 0.257. The maximum atomic E-state index is 13.9. The van der Waals surface area contributed by atoms with Crippen LogP contribution in [0.1, 0.15) is 18.1 Å². The first kappa shape index (κ1) is 32.7. The van der Waals surface area contributed by atoms with Crippen molar-refractivity contribution < 1.29 is 67.3 Å². The Hall–Kier alpha value is -3.82. The number of halogens is 12. The van der Waals surface area contributed by atoms with Crippen LogP contribution in [0.5, 0.6) is 17.2 Å². The monoisotopic (exact) mass is 621 g/mol. The lowest BCUT2D eigenvalue weighted by Crippen LogP contribution is -2.56. The number of nitrogens with zero attached hydrogens (tertiary/aromatic N) is 1. The van der Waals surface area contributed by atoms with E-state index in [1.54, 1.807) is 0 Å². The molecule has 3 rings (SSSR count). The smallest absolute Gasteiger partial charge is 0.457 e. The van der Waals surface area contributed by atoms with Gasteiger partial charge in [-0.1, -0.05) is 30.3 Å². The second-order valence-electron chi connectivity index (χ2n) is 8.92. The highest BCUT2D eigenvalue weighted by Gasteiger charge is 2.59. The summed E-state index contributed by atoms with van der Waals surface area (Å²) in [6, 6.07) is 10.7. The summed E-state index contributed by atoms with van der Waals surface area (Å²) in [5.74, 6) is -6.63. The molecule has 0 heterocycles. The van der Waals surface area contributed by atoms with E-state index in [1.165, 1.54) is 6.07 Å². The summed E-state index contributed by atoms with van der Waals surface area (Å²) in [5.41, 5.74) is -6.17. The molecule has 1 N–H and O–H groups in total. The summed E-state index contributed by atoms with van der Waals surface area (Å²) in [5, 5.41) is 10.4. The maximum Gasteiger partial charge on any atom is 0.461 e. The van der Waals surface area contributed by atoms with Crippen molar-refractivity contribution in [3.8, 4) is 17.2 Å². The highest BCUT2D eigenvalue weighted by atomic mass is 19.4. The van der Waals surface area contributed by atoms with Gasteiger partial charge in [0.1, 0.15) is 17.2 Å². The number of alkyl halides is 12. The van der Waals surface area contributed by atoms with Gasteiger partial charge in [-0.3, -0.25) is 0 Å². The van der Waals surface area contributed by atoms with E-state index in [2.05, 4.69) is 4.74 Å². The van der Waals surface area contributed by atoms with Gasteiger partial charge in [0, 0.05) is 29.9 Å². The van der Waals surface area contributed by atoms with Crippen LogP contribution < -0.4 is 14.4 Å². The molecule has 0 radical (unpaired) electrons. The van der Waals surface area contributed by atoms with E-state index in [0.717, 1.165) is 54.6 Å². The number of anilines is 1. The van der Waals surface area contributed by atoms with E-state index in [4.69, 9.17) is 4.74 Å². The lowest BCUT2D eigenvalue weighted by atomic mass is 10.0. The molecule has 0 aromatic heterocycles. The predicted molar refractivity (Wildman–Crippen MR) is 124 cm³/mol. The highest BCUT2D eigenvalue weighted by molar-refractivity contribution is 5.54. The molecule has 0 bridgehead atoms. The van der Waals surface area contributed by atoms with Crippen LogP contribution in [0.25, 0.3) is 0 Å². The zero-order valence-corrected chi connectivity index (χ0v) is 21.0. The molecule has 16 heteroatoms. The van der Waals surface area contributed by atoms with E-state index in [-0.39, 0.29) is 16.4 Å². The van der Waals surface area contributed by atoms with Crippen LogP contribution in [0, 0.1) is 0 Å². The van der Waals surface area contributed by atoms with E-state index >= 15 is 0 Å². The first-order valence-electron chi connectivity index (χ1n) is 11.5. The summed E-state index contributed by atoms with van der Waals surface area (Å²) in [6.07, 6.45) is -20.4. The number of rotatable bonds is 10. The molecule has 0 saturated carbocycles. The van der Waals surface area contributed by atoms with Crippen molar-refractivity contribution in [1.29, 1.82) is 0 Å². The number of ether oxygens (including phenoxy) is 2. The molecule has 4 nitrogen and oxygen atoms in total. The number of hydrogen-bond donors (Lipinski definition) is 1. The molecule has 0 fully saturated rings. The van der Waals surface area contributed by atoms with Gasteiger partial charge in [0.2, 0.25) is 5.72 Å². The second kappa shape index (κ2) is 11.5. The van der Waals surface area contributed by atoms with Crippen molar-refractivity contribution in [2.75, 3.05) is 4.90 Å². The van der Waals surface area contributed by atoms with Crippen molar-refractivity contribution in [2.45, 2.75) is 50.0 Å². The van der Waals surface area contributed by atoms with Gasteiger partial charge in [0.25, 0.3) is 0 Å². The fraction of sp³-hybridized carbons (Fsp3) is 0.308. The minimum Gasteiger partial charge on any atom is -0.457 e. The largest absolute Gasteiger partial charge is 0.461 e. The van der Waals surface area contributed by atoms with Crippen LogP contribution in [0.2, 0.25) is 0 Å². The third kappa shape index (κ3) is 7.14. The Balaban J connectivity index is 1.98. The number of benzene rings is 3. The van der Waals surface area contributed by atoms with Crippen molar-refractivity contribution in [3.63, 3.8) is 0 Å². The molecule has 0 aliphatic heterocycles. The summed E-state index contributed by atoms with van der Waals surface area (Å²) >= 11 is 0. The molecule has 42 heavy (non-hydrogen) atoms. The molecule has 0 aliphatic rings. The van der Waals surface area contributed by atoms with Crippen molar-refractivity contribution in [1.82, 2.24) is 0 Å². The summed E-state index contributed by atoms with van der Waals surface area (Å²) in [7, 11) is 0. The van der Waals surface area contributed by atoms with Gasteiger partial charge in [0.05, 0.1) is 0 Å². The van der Waals surface area contributed by atoms with Gasteiger partial charge in [-0.15, -0.1) is 0 Å². The molecule has 230 valence electrons. The third-order valence-electron chi connectivity index (χ3n) is 5.73. The molecule has 0 amide bonds. The van der Waals surface area contributed by atoms with E-state index in [9.17, 15) is 57.8 Å². The quantitative estimate of drug-likeness (QED) is 0.182. The summed E-state index contributed by atoms with van der Waals surface area (Å²) < 4.78 is 169. The molecule has 0 saturated heterocycles. The number of hydrogen-bond acceptors (Lipinski definition) is 4. The van der Waals surface area contributed by atoms with Crippen LogP contribution in [0.3, 0.4) is 0 Å². The minimum atomic E-state index is -5.99. The summed E-state index contributed by atoms with van der Waals surface area (Å²) in [4.78, 5) is 0.257. The van der Waals surface area contributed by atoms with Crippen LogP contribution in [-0.4, -0.2) is 35.7 Å². The lowest BCUT2D eigenvalue weighted by molar-refractivity contribution is -0.289. The SMILES string of the molecule is CC(O)(N(Cc1cccc(C(F)(F)C(F)(F)F)c1)c1cccc(Oc2cccc(OC(F)(F)C(F)F)c2)c1)C(F)(F)F. The second-order valence-corrected chi connectivity index (χ2v) is 8.92. The molecular formula is C26H19F12NO3. The van der Waals surface area contributed by atoms with Gasteiger partial charge in [-0.25, -0.2) is 0 Å². The Morgan fingerprint density at radius 1 is 0.714 bits per heavy atom. The molecule has 1 unspecified atom stereocenters. The highest BCUT2D eigenvalue weighted by Crippen LogP contribution is 2.45. The lowest BCUT2D eigenvalue weighted by Gasteiger charge is -2.40. The van der Waals surface area contributed by atoms with Crippen molar-refractivity contribution in [2.24, 2.45) is 0 Å². The molecule has 1 atom stereocenters. The first-order valence-corrected chi connectivity index (χ1v) is 11.5. The number of aliphatic hydroxyl groups is 1. The molecule has 0 spiro atoms. The van der Waals surface area contributed by atoms with Crippen LogP contribution in [-0.2, 0) is 12.5 Å². The predicted octanol–water partition coefficient (Wildman–Crippen LogP) is 8.65. The molecular weight excluding hydrogens is 602 g/mol. The average Bonchev–Trinajstić information content (AvgIpc) is 2.86. The maximum absolute atomic E-state index is 13.9. The van der Waals surface area contributed by atoms with Crippen LogP contribution >= 0.6 is 0 Å². The van der Waals surface area contributed by atoms with E-state index in [0.29, 0.717) is 19.1 Å². The van der Waals surface area contributed by atoms with Gasteiger partial charge in [-0.2, -0.15) is 52.7 Å². The topological polar surface area (TPSA) is 41.9 Å². The zero-order chi connectivity index (χ0) is 31.7. The van der Waals surface area contributed by atoms with E-state index < -0.39 is 65.6 Å². The normalized spacial score (nSPS) is 14.5. The van der Waals surface area contributed by atoms with Crippen LogP contribution in [0.15, 0.2) is 72.8 Å². The Bertz CT molecular complexity index is 1370. The Morgan fingerprint density at radius 3 is 1.83 bits per heavy atom. The first-order chi connectivity index (χ1) is 19.1. The Labute approximate surface area is 229 Å². The Morgan fingerprint density at radius 2 is 1.26 bits per heavy atom. The van der Waals surface area contributed by atoms with Gasteiger partial charge in [-0.05, 0) is 42.8 Å². The Kier molecular flexibility index (Phi) is 8.92. The van der Waals surface area contributed by atoms with Gasteiger partial charge < -0.3 is 19.5 Å². The third-order valence-corrected chi connectivity index (χ3v) is 5.73. The summed E-state index contributed by atoms with van der Waals surface area (Å²) in [6.45, 7) is -0.706. The molecule has 0 aliphatic carbocycles. The molecule has 3 aromatic carbocycles. The van der Waals surface area contributed by atoms with Gasteiger partial charge in [0.15, 0.2) is 0 Å². The zero-order valence-electron chi connectivity index (χ0n) is 21.0. The van der Waals surface area contributed by atoms with Gasteiger partial charge >= 0.3 is 30.8 Å².